The van der Waals surface area contributed by atoms with E-state index in [-0.39, 0.29) is 0 Å². The van der Waals surface area contributed by atoms with E-state index in [4.69, 9.17) is 10.5 Å². The molecule has 3 nitrogen and oxygen atoms in total. The van der Waals surface area contributed by atoms with Crippen molar-refractivity contribution >= 4 is 11.7 Å². The van der Waals surface area contributed by atoms with Crippen LogP contribution in [-0.4, -0.2) is 34.8 Å². The molecule has 0 spiro atoms. The van der Waals surface area contributed by atoms with Crippen LogP contribution < -0.4 is 0 Å². The molecule has 0 saturated heterocycles. The second kappa shape index (κ2) is 3.91. The number of carboxylic acid groups (broad SMARTS) is 1. The summed E-state index contributed by atoms with van der Waals surface area (Å²) in [5.74, 6) is -14.5. The average molecular weight is 255 g/mol. The number of aliphatic carboxylic acids is 1. The van der Waals surface area contributed by atoms with Crippen molar-refractivity contribution in [2.45, 2.75) is 24.4 Å². The van der Waals surface area contributed by atoms with E-state index >= 15 is 0 Å². The molecule has 0 heterocycles. The molecular formula is C6H4F7NO2. The van der Waals surface area contributed by atoms with Gasteiger partial charge in [-0.1, -0.05) is 0 Å². The molecule has 2 N–H and O–H groups in total. The van der Waals surface area contributed by atoms with E-state index in [1.807, 2.05) is 0 Å². The van der Waals surface area contributed by atoms with Gasteiger partial charge in [0.25, 0.3) is 0 Å². The molecule has 0 amide bonds. The summed E-state index contributed by atoms with van der Waals surface area (Å²) in [6.45, 7) is 0. The summed E-state index contributed by atoms with van der Waals surface area (Å²) >= 11 is 0. The first-order valence-electron chi connectivity index (χ1n) is 3.46. The Kier molecular flexibility index (Phi) is 3.58. The molecule has 0 aliphatic carbocycles. The summed E-state index contributed by atoms with van der Waals surface area (Å²) in [5.41, 5.74) is -2.51. The zero-order chi connectivity index (χ0) is 13.4. The molecule has 0 saturated carbocycles. The minimum Gasteiger partial charge on any atom is -0.481 e. The van der Waals surface area contributed by atoms with Gasteiger partial charge in [-0.25, -0.2) is 0 Å². The van der Waals surface area contributed by atoms with Crippen LogP contribution in [0.5, 0.6) is 0 Å². The Morgan fingerprint density at radius 2 is 1.44 bits per heavy atom. The Labute approximate surface area is 83.4 Å². The summed E-state index contributed by atoms with van der Waals surface area (Å²) in [4.78, 5) is 9.83. The van der Waals surface area contributed by atoms with Crippen LogP contribution in [0.1, 0.15) is 6.42 Å². The largest absolute Gasteiger partial charge is 0.481 e. The number of nitrogens with one attached hydrogen (secondary N) is 1. The maximum atomic E-state index is 12.5. The number of carbonyl (C=O) groups is 1. The van der Waals surface area contributed by atoms with Crippen LogP contribution in [0.3, 0.4) is 0 Å². The fourth-order valence-corrected chi connectivity index (χ4v) is 0.630. The molecule has 0 radical (unpaired) electrons. The third-order valence-electron chi connectivity index (χ3n) is 1.46. The first kappa shape index (κ1) is 14.7. The molecule has 94 valence electrons. The minimum absolute atomic E-state index is 1.90. The lowest BCUT2D eigenvalue weighted by Gasteiger charge is -2.27. The van der Waals surface area contributed by atoms with Crippen LogP contribution in [0.15, 0.2) is 0 Å². The molecule has 0 bridgehead atoms. The highest BCUT2D eigenvalue weighted by Crippen LogP contribution is 2.47. The van der Waals surface area contributed by atoms with Crippen LogP contribution in [0.25, 0.3) is 0 Å². The van der Waals surface area contributed by atoms with E-state index in [0.717, 1.165) is 0 Å². The SMILES string of the molecule is N=C(CC(=O)O)C(F)(F)C(F)(F)C(F)(F)F. The summed E-state index contributed by atoms with van der Waals surface area (Å²) in [7, 11) is 0. The number of halogens is 7. The first-order valence-corrected chi connectivity index (χ1v) is 3.46. The van der Waals surface area contributed by atoms with Crippen molar-refractivity contribution in [3.63, 3.8) is 0 Å². The maximum Gasteiger partial charge on any atom is 0.460 e. The summed E-state index contributed by atoms with van der Waals surface area (Å²) in [6.07, 6.45) is -8.47. The predicted molar refractivity (Wildman–Crippen MR) is 35.9 cm³/mol. The van der Waals surface area contributed by atoms with Crippen molar-refractivity contribution < 1.29 is 40.6 Å². The minimum atomic E-state index is -6.57. The van der Waals surface area contributed by atoms with Gasteiger partial charge >= 0.3 is 24.0 Å². The van der Waals surface area contributed by atoms with Gasteiger partial charge < -0.3 is 10.5 Å². The third-order valence-corrected chi connectivity index (χ3v) is 1.46. The van der Waals surface area contributed by atoms with E-state index in [0.29, 0.717) is 0 Å². The van der Waals surface area contributed by atoms with Crippen LogP contribution in [0.4, 0.5) is 30.7 Å². The number of rotatable bonds is 4. The molecular weight excluding hydrogens is 251 g/mol. The standard InChI is InChI=1S/C6H4F7NO2/c7-4(8,2(14)1-3(15)16)5(9,10)6(11,12)13/h14H,1H2,(H,15,16). The molecule has 0 aliphatic rings. The zero-order valence-corrected chi connectivity index (χ0v) is 7.21. The summed E-state index contributed by atoms with van der Waals surface area (Å²) in [5, 5.41) is 14.2. The molecule has 16 heavy (non-hydrogen) atoms. The number of alkyl halides is 7. The van der Waals surface area contributed by atoms with Gasteiger partial charge in [0.1, 0.15) is 0 Å². The van der Waals surface area contributed by atoms with Gasteiger partial charge in [0.2, 0.25) is 0 Å². The van der Waals surface area contributed by atoms with E-state index in [2.05, 4.69) is 0 Å². The van der Waals surface area contributed by atoms with Crippen LogP contribution in [0.2, 0.25) is 0 Å². The normalized spacial score (nSPS) is 13.7. The molecule has 0 rings (SSSR count). The van der Waals surface area contributed by atoms with E-state index in [1.165, 1.54) is 0 Å². The lowest BCUT2D eigenvalue weighted by atomic mass is 10.0. The average Bonchev–Trinajstić information content (AvgIpc) is 2.00. The van der Waals surface area contributed by atoms with Gasteiger partial charge in [0.05, 0.1) is 12.1 Å². The van der Waals surface area contributed by atoms with Gasteiger partial charge in [0.15, 0.2) is 0 Å². The van der Waals surface area contributed by atoms with Crippen LogP contribution >= 0.6 is 0 Å². The van der Waals surface area contributed by atoms with Crippen molar-refractivity contribution in [3.8, 4) is 0 Å². The highest BCUT2D eigenvalue weighted by Gasteiger charge is 2.74. The predicted octanol–water partition coefficient (Wildman–Crippen LogP) is 2.31. The van der Waals surface area contributed by atoms with E-state index in [1.54, 1.807) is 0 Å². The molecule has 0 aromatic rings. The van der Waals surface area contributed by atoms with Crippen molar-refractivity contribution in [3.05, 3.63) is 0 Å². The lowest BCUT2D eigenvalue weighted by Crippen LogP contribution is -2.56. The Morgan fingerprint density at radius 3 is 1.69 bits per heavy atom. The van der Waals surface area contributed by atoms with Crippen molar-refractivity contribution in [2.24, 2.45) is 0 Å². The second-order valence-electron chi connectivity index (χ2n) is 2.70. The Balaban J connectivity index is 5.19. The van der Waals surface area contributed by atoms with Gasteiger partial charge in [-0.3, -0.25) is 4.79 Å². The molecule has 0 aromatic carbocycles. The van der Waals surface area contributed by atoms with Crippen molar-refractivity contribution in [2.75, 3.05) is 0 Å². The molecule has 0 atom stereocenters. The first-order chi connectivity index (χ1) is 6.84. The summed E-state index contributed by atoms with van der Waals surface area (Å²) < 4.78 is 84.0. The highest BCUT2D eigenvalue weighted by molar-refractivity contribution is 6.01. The lowest BCUT2D eigenvalue weighted by molar-refractivity contribution is -0.336. The third kappa shape index (κ3) is 2.42. The number of hydrogen-bond donors (Lipinski definition) is 2. The molecule has 0 unspecified atom stereocenters. The van der Waals surface area contributed by atoms with Crippen molar-refractivity contribution in [1.82, 2.24) is 0 Å². The number of carboxylic acids is 1. The maximum absolute atomic E-state index is 12.5. The van der Waals surface area contributed by atoms with Gasteiger partial charge in [-0.15, -0.1) is 0 Å². The van der Waals surface area contributed by atoms with Gasteiger partial charge in [-0.05, 0) is 0 Å². The quantitative estimate of drug-likeness (QED) is 0.598. The smallest absolute Gasteiger partial charge is 0.460 e. The topological polar surface area (TPSA) is 61.2 Å². The molecule has 10 heteroatoms. The fourth-order valence-electron chi connectivity index (χ4n) is 0.630. The zero-order valence-electron chi connectivity index (χ0n) is 7.21. The van der Waals surface area contributed by atoms with Crippen molar-refractivity contribution in [1.29, 1.82) is 5.41 Å². The summed E-state index contributed by atoms with van der Waals surface area (Å²) in [6, 6.07) is 0. The highest BCUT2D eigenvalue weighted by atomic mass is 19.4. The van der Waals surface area contributed by atoms with Crippen LogP contribution in [-0.2, 0) is 4.79 Å². The van der Waals surface area contributed by atoms with Gasteiger partial charge in [-0.2, -0.15) is 30.7 Å². The van der Waals surface area contributed by atoms with Gasteiger partial charge in [0, 0.05) is 0 Å². The molecule has 0 aliphatic heterocycles. The second-order valence-corrected chi connectivity index (χ2v) is 2.70. The van der Waals surface area contributed by atoms with E-state index < -0.39 is 36.1 Å². The fraction of sp³-hybridized carbons (Fsp3) is 0.667. The van der Waals surface area contributed by atoms with E-state index in [9.17, 15) is 35.5 Å². The molecule has 0 aromatic heterocycles. The monoisotopic (exact) mass is 255 g/mol. The molecule has 0 fully saturated rings. The Bertz CT molecular complexity index is 308. The van der Waals surface area contributed by atoms with Crippen LogP contribution in [0, 0.1) is 5.41 Å². The Hall–Kier alpha value is -1.35. The Morgan fingerprint density at radius 1 is 1.06 bits per heavy atom. The number of hydrogen-bond acceptors (Lipinski definition) is 2.